The monoisotopic (exact) mass is 380 g/mol. The van der Waals surface area contributed by atoms with Crippen molar-refractivity contribution in [3.8, 4) is 17.3 Å². The van der Waals surface area contributed by atoms with Crippen LogP contribution in [0.1, 0.15) is 47.3 Å². The van der Waals surface area contributed by atoms with Crippen LogP contribution >= 0.6 is 0 Å². The summed E-state index contributed by atoms with van der Waals surface area (Å²) in [6.45, 7) is 3.51. The molecule has 3 aromatic rings. The van der Waals surface area contributed by atoms with Gasteiger partial charge >= 0.3 is 0 Å². The molecule has 1 aliphatic heterocycles. The van der Waals surface area contributed by atoms with Gasteiger partial charge in [0.1, 0.15) is 17.2 Å². The first kappa shape index (κ1) is 17.9. The Morgan fingerprint density at radius 2 is 2.14 bits per heavy atom. The smallest absolute Gasteiger partial charge is 0.263 e. The number of hydrogen-bond acceptors (Lipinski definition) is 6. The number of aromatic nitrogens is 5. The minimum absolute atomic E-state index is 0.0753. The molecule has 0 saturated carbocycles. The van der Waals surface area contributed by atoms with Crippen molar-refractivity contribution in [2.24, 2.45) is 0 Å². The van der Waals surface area contributed by atoms with E-state index in [-0.39, 0.29) is 17.4 Å². The number of carbonyl (C=O) groups excluding carboxylic acids is 2. The van der Waals surface area contributed by atoms with Crippen molar-refractivity contribution in [1.82, 2.24) is 24.3 Å². The first-order valence-electron chi connectivity index (χ1n) is 8.97. The average molecular weight is 380 g/mol. The molecule has 0 unspecified atom stereocenters. The van der Waals surface area contributed by atoms with Crippen LogP contribution in [0.15, 0.2) is 30.6 Å². The lowest BCUT2D eigenvalue weighted by Crippen LogP contribution is -2.14. The molecule has 144 valence electrons. The Morgan fingerprint density at radius 1 is 1.32 bits per heavy atom. The van der Waals surface area contributed by atoms with Crippen LogP contribution in [0.25, 0.3) is 11.4 Å². The van der Waals surface area contributed by atoms with Crippen molar-refractivity contribution in [2.75, 3.05) is 12.4 Å². The molecule has 4 heterocycles. The largest absolute Gasteiger partial charge is 0.479 e. The zero-order valence-electron chi connectivity index (χ0n) is 15.8. The fourth-order valence-corrected chi connectivity index (χ4v) is 3.39. The molecular formula is C19H20N6O3. The van der Waals surface area contributed by atoms with Gasteiger partial charge in [-0.25, -0.2) is 14.6 Å². The van der Waals surface area contributed by atoms with Crippen LogP contribution in [-0.2, 0) is 6.42 Å². The highest BCUT2D eigenvalue weighted by molar-refractivity contribution is 6.05. The lowest BCUT2D eigenvalue weighted by Gasteiger charge is -2.12. The molecule has 1 atom stereocenters. The third-order valence-corrected chi connectivity index (χ3v) is 4.79. The normalized spacial score (nSPS) is 15.3. The molecule has 28 heavy (non-hydrogen) atoms. The van der Waals surface area contributed by atoms with E-state index in [9.17, 15) is 9.59 Å². The Hall–Kier alpha value is -3.49. The summed E-state index contributed by atoms with van der Waals surface area (Å²) in [6, 6.07) is 5.79. The number of aryl methyl sites for hydroxylation is 1. The number of ether oxygens (including phenoxy) is 1. The number of pyridine rings is 1. The highest BCUT2D eigenvalue weighted by Gasteiger charge is 2.24. The van der Waals surface area contributed by atoms with Crippen molar-refractivity contribution >= 4 is 17.6 Å². The fourth-order valence-electron chi connectivity index (χ4n) is 3.39. The number of nitrogens with zero attached hydrogens (tertiary/aromatic N) is 5. The Bertz CT molecular complexity index is 1070. The molecular weight excluding hydrogens is 360 g/mol. The molecule has 0 bridgehead atoms. The van der Waals surface area contributed by atoms with Crippen molar-refractivity contribution < 1.29 is 14.3 Å². The van der Waals surface area contributed by atoms with Gasteiger partial charge in [0.05, 0.1) is 30.9 Å². The van der Waals surface area contributed by atoms with E-state index in [4.69, 9.17) is 4.74 Å². The minimum atomic E-state index is -0.458. The first-order valence-corrected chi connectivity index (χ1v) is 8.97. The van der Waals surface area contributed by atoms with Crippen molar-refractivity contribution in [3.63, 3.8) is 0 Å². The van der Waals surface area contributed by atoms with E-state index in [1.165, 1.54) is 20.2 Å². The van der Waals surface area contributed by atoms with Gasteiger partial charge in [-0.2, -0.15) is 0 Å². The molecule has 0 aromatic carbocycles. The quantitative estimate of drug-likeness (QED) is 0.746. The van der Waals surface area contributed by atoms with Gasteiger partial charge in [0.25, 0.3) is 5.91 Å². The van der Waals surface area contributed by atoms with Crippen molar-refractivity contribution in [1.29, 1.82) is 0 Å². The molecule has 0 saturated heterocycles. The summed E-state index contributed by atoms with van der Waals surface area (Å²) in [7, 11) is 1.39. The van der Waals surface area contributed by atoms with E-state index in [1.54, 1.807) is 6.07 Å². The maximum atomic E-state index is 12.7. The highest BCUT2D eigenvalue weighted by Crippen LogP contribution is 2.31. The van der Waals surface area contributed by atoms with Gasteiger partial charge in [-0.15, -0.1) is 5.10 Å². The van der Waals surface area contributed by atoms with Crippen LogP contribution in [0.3, 0.4) is 0 Å². The Balaban J connectivity index is 1.61. The molecule has 1 aliphatic rings. The first-order chi connectivity index (χ1) is 13.5. The van der Waals surface area contributed by atoms with Gasteiger partial charge in [-0.05, 0) is 25.5 Å². The van der Waals surface area contributed by atoms with Crippen molar-refractivity contribution in [3.05, 3.63) is 42.0 Å². The van der Waals surface area contributed by atoms with E-state index in [0.29, 0.717) is 11.9 Å². The zero-order chi connectivity index (χ0) is 19.8. The van der Waals surface area contributed by atoms with E-state index in [2.05, 4.69) is 31.9 Å². The number of methoxy groups -OCH3 is 1. The molecule has 1 N–H and O–H groups in total. The highest BCUT2D eigenvalue weighted by atomic mass is 16.5. The van der Waals surface area contributed by atoms with Gasteiger partial charge in [0, 0.05) is 19.4 Å². The number of nitrogens with one attached hydrogen (secondary N) is 1. The number of fused-ring (bicyclic) bond motifs is 1. The predicted octanol–water partition coefficient (Wildman–Crippen LogP) is 2.57. The Kier molecular flexibility index (Phi) is 4.42. The predicted molar refractivity (Wildman–Crippen MR) is 102 cm³/mol. The third-order valence-electron chi connectivity index (χ3n) is 4.79. The second-order valence-corrected chi connectivity index (χ2v) is 6.70. The van der Waals surface area contributed by atoms with E-state index >= 15 is 0 Å². The zero-order valence-corrected chi connectivity index (χ0v) is 15.8. The van der Waals surface area contributed by atoms with Gasteiger partial charge in [0.15, 0.2) is 0 Å². The van der Waals surface area contributed by atoms with Crippen LogP contribution in [-0.4, -0.2) is 43.2 Å². The summed E-state index contributed by atoms with van der Waals surface area (Å²) >= 11 is 0. The number of anilines is 1. The number of amides is 1. The molecule has 9 heteroatoms. The minimum Gasteiger partial charge on any atom is -0.479 e. The SMILES string of the molecule is COc1nn(C(C)=O)cc1C(=O)Nc1cccc(-c2cnc3n2[C@@H](C)CC3)n1. The third kappa shape index (κ3) is 3.04. The number of rotatable bonds is 4. The summed E-state index contributed by atoms with van der Waals surface area (Å²) in [5.74, 6) is 0.745. The van der Waals surface area contributed by atoms with Crippen LogP contribution in [0, 0.1) is 0 Å². The maximum Gasteiger partial charge on any atom is 0.263 e. The van der Waals surface area contributed by atoms with Crippen LogP contribution < -0.4 is 10.1 Å². The Morgan fingerprint density at radius 3 is 2.89 bits per heavy atom. The average Bonchev–Trinajstić information content (AvgIpc) is 3.38. The maximum absolute atomic E-state index is 12.7. The van der Waals surface area contributed by atoms with Gasteiger partial charge in [-0.1, -0.05) is 6.07 Å². The molecule has 4 rings (SSSR count). The summed E-state index contributed by atoms with van der Waals surface area (Å²) in [5, 5.41) is 6.69. The molecule has 0 aliphatic carbocycles. The second kappa shape index (κ2) is 6.91. The standard InChI is InChI=1S/C19H20N6O3/c1-11-7-8-17-20-9-15(25(11)17)14-5-4-6-16(21-14)22-18(27)13-10-24(12(2)26)23-19(13)28-3/h4-6,9-11H,7-8H2,1-3H3,(H,21,22,27)/t11-/m0/s1. The Labute approximate surface area is 161 Å². The van der Waals surface area contributed by atoms with E-state index in [1.807, 2.05) is 18.3 Å². The summed E-state index contributed by atoms with van der Waals surface area (Å²) in [6.07, 6.45) is 5.18. The lowest BCUT2D eigenvalue weighted by molar-refractivity contribution is 0.0919. The van der Waals surface area contributed by atoms with E-state index < -0.39 is 5.91 Å². The van der Waals surface area contributed by atoms with E-state index in [0.717, 1.165) is 34.7 Å². The summed E-state index contributed by atoms with van der Waals surface area (Å²) in [5.41, 5.74) is 1.82. The number of imidazole rings is 1. The van der Waals surface area contributed by atoms with Gasteiger partial charge in [0.2, 0.25) is 11.8 Å². The van der Waals surface area contributed by atoms with Crippen molar-refractivity contribution in [2.45, 2.75) is 32.7 Å². The number of carbonyl (C=O) groups is 2. The molecule has 3 aromatic heterocycles. The molecule has 0 radical (unpaired) electrons. The molecule has 1 amide bonds. The topological polar surface area (TPSA) is 104 Å². The van der Waals surface area contributed by atoms with Crippen LogP contribution in [0.5, 0.6) is 5.88 Å². The molecule has 9 nitrogen and oxygen atoms in total. The fraction of sp³-hybridized carbons (Fsp3) is 0.316. The number of hydrogen-bond donors (Lipinski definition) is 1. The molecule has 0 fully saturated rings. The lowest BCUT2D eigenvalue weighted by atomic mass is 10.2. The summed E-state index contributed by atoms with van der Waals surface area (Å²) < 4.78 is 8.36. The van der Waals surface area contributed by atoms with Gasteiger partial charge in [-0.3, -0.25) is 9.59 Å². The second-order valence-electron chi connectivity index (χ2n) is 6.70. The molecule has 0 spiro atoms. The van der Waals surface area contributed by atoms with Crippen LogP contribution in [0.4, 0.5) is 5.82 Å². The van der Waals surface area contributed by atoms with Crippen LogP contribution in [0.2, 0.25) is 0 Å². The van der Waals surface area contributed by atoms with Gasteiger partial charge < -0.3 is 14.6 Å². The summed E-state index contributed by atoms with van der Waals surface area (Å²) in [4.78, 5) is 33.2.